The molecular weight excluding hydrogens is 357 g/mol. The van der Waals surface area contributed by atoms with Crippen molar-refractivity contribution < 1.29 is 9.18 Å². The third kappa shape index (κ3) is 2.74. The normalized spacial score (nSPS) is 15.6. The van der Waals surface area contributed by atoms with Crippen molar-refractivity contribution in [1.82, 2.24) is 24.3 Å². The number of carbonyl (C=O) groups is 1. The molecule has 3 aromatic heterocycles. The Labute approximate surface area is 161 Å². The van der Waals surface area contributed by atoms with Crippen LogP contribution in [0.2, 0.25) is 0 Å². The second kappa shape index (κ2) is 6.44. The van der Waals surface area contributed by atoms with Crippen molar-refractivity contribution in [2.75, 3.05) is 13.1 Å². The fraction of sp³-hybridized carbons (Fsp3) is 0.286. The fourth-order valence-electron chi connectivity index (χ4n) is 4.07. The molecule has 1 aliphatic heterocycles. The molecule has 0 saturated carbocycles. The third-order valence-electron chi connectivity index (χ3n) is 5.54. The predicted molar refractivity (Wildman–Crippen MR) is 104 cm³/mol. The Balaban J connectivity index is 1.34. The topological polar surface area (TPSA) is 66.3 Å². The lowest BCUT2D eigenvalue weighted by Crippen LogP contribution is -2.38. The maximum Gasteiger partial charge on any atom is 0.272 e. The number of amides is 1. The summed E-state index contributed by atoms with van der Waals surface area (Å²) in [4.78, 5) is 27.4. The van der Waals surface area contributed by atoms with Crippen LogP contribution in [0.15, 0.2) is 42.6 Å². The lowest BCUT2D eigenvalue weighted by molar-refractivity contribution is 0.0703. The molecule has 0 radical (unpaired) electrons. The molecule has 1 amide bonds. The van der Waals surface area contributed by atoms with Crippen molar-refractivity contribution in [2.24, 2.45) is 0 Å². The van der Waals surface area contributed by atoms with E-state index in [2.05, 4.69) is 15.0 Å². The Hall–Kier alpha value is -3.22. The Morgan fingerprint density at radius 2 is 2.00 bits per heavy atom. The first-order chi connectivity index (χ1) is 13.6. The van der Waals surface area contributed by atoms with Gasteiger partial charge in [0, 0.05) is 25.2 Å². The lowest BCUT2D eigenvalue weighted by atomic mass is 9.96. The lowest BCUT2D eigenvalue weighted by Gasteiger charge is -2.31. The minimum atomic E-state index is -0.272. The molecule has 5 rings (SSSR count). The van der Waals surface area contributed by atoms with Gasteiger partial charge < -0.3 is 9.88 Å². The molecule has 0 aliphatic carbocycles. The van der Waals surface area contributed by atoms with E-state index >= 15 is 0 Å². The molecule has 6 nitrogen and oxygen atoms in total. The highest BCUT2D eigenvalue weighted by atomic mass is 19.1. The summed E-state index contributed by atoms with van der Waals surface area (Å²) in [6.07, 6.45) is 3.52. The van der Waals surface area contributed by atoms with E-state index in [0.717, 1.165) is 41.0 Å². The number of fused-ring (bicyclic) bond motifs is 2. The fourth-order valence-corrected chi connectivity index (χ4v) is 4.07. The van der Waals surface area contributed by atoms with Crippen molar-refractivity contribution in [3.63, 3.8) is 0 Å². The summed E-state index contributed by atoms with van der Waals surface area (Å²) in [5, 5.41) is 0. The van der Waals surface area contributed by atoms with Crippen molar-refractivity contribution >= 4 is 22.6 Å². The summed E-state index contributed by atoms with van der Waals surface area (Å²) in [7, 11) is 0. The van der Waals surface area contributed by atoms with Crippen LogP contribution in [-0.2, 0) is 0 Å². The molecule has 1 aliphatic rings. The van der Waals surface area contributed by atoms with Crippen LogP contribution in [0.4, 0.5) is 4.39 Å². The van der Waals surface area contributed by atoms with Crippen LogP contribution in [0.3, 0.4) is 0 Å². The maximum absolute atomic E-state index is 13.4. The van der Waals surface area contributed by atoms with Crippen LogP contribution >= 0.6 is 0 Å². The van der Waals surface area contributed by atoms with Crippen molar-refractivity contribution in [1.29, 1.82) is 0 Å². The summed E-state index contributed by atoms with van der Waals surface area (Å²) < 4.78 is 15.3. The van der Waals surface area contributed by atoms with Crippen LogP contribution in [0.5, 0.6) is 0 Å². The molecular formula is C21H20FN5O. The number of halogens is 1. The first kappa shape index (κ1) is 16.9. The van der Waals surface area contributed by atoms with Gasteiger partial charge in [0.15, 0.2) is 0 Å². The molecule has 0 atom stereocenters. The van der Waals surface area contributed by atoms with Gasteiger partial charge in [0.2, 0.25) is 0 Å². The number of pyridine rings is 1. The van der Waals surface area contributed by atoms with Crippen LogP contribution in [0, 0.1) is 12.7 Å². The molecule has 1 saturated heterocycles. The number of rotatable bonds is 2. The largest absolute Gasteiger partial charge is 0.342 e. The number of carbonyl (C=O) groups excluding carboxylic acids is 1. The van der Waals surface area contributed by atoms with E-state index in [-0.39, 0.29) is 17.6 Å². The molecule has 28 heavy (non-hydrogen) atoms. The van der Waals surface area contributed by atoms with Crippen LogP contribution in [0.25, 0.3) is 16.7 Å². The summed E-state index contributed by atoms with van der Waals surface area (Å²) in [6.45, 7) is 3.20. The van der Waals surface area contributed by atoms with Gasteiger partial charge in [0.05, 0.1) is 16.7 Å². The average molecular weight is 377 g/mol. The number of aryl methyl sites for hydroxylation is 1. The number of likely N-dealkylation sites (tertiary alicyclic amines) is 1. The minimum absolute atomic E-state index is 0.0151. The quantitative estimate of drug-likeness (QED) is 0.580. The number of H-pyrrole nitrogens is 1. The SMILES string of the molecule is Cc1nc2ccccn2c1C(=O)N1CCC(c2nc3ccc(F)cc3[nH]2)CC1. The number of piperidine rings is 1. The molecule has 1 fully saturated rings. The van der Waals surface area contributed by atoms with E-state index in [9.17, 15) is 9.18 Å². The van der Waals surface area contributed by atoms with E-state index in [1.807, 2.05) is 40.6 Å². The molecule has 4 heterocycles. The van der Waals surface area contributed by atoms with Gasteiger partial charge in [-0.05, 0) is 50.1 Å². The zero-order chi connectivity index (χ0) is 19.3. The van der Waals surface area contributed by atoms with Gasteiger partial charge in [-0.15, -0.1) is 0 Å². The first-order valence-corrected chi connectivity index (χ1v) is 9.48. The number of nitrogens with zero attached hydrogens (tertiary/aromatic N) is 4. The minimum Gasteiger partial charge on any atom is -0.342 e. The van der Waals surface area contributed by atoms with Gasteiger partial charge >= 0.3 is 0 Å². The van der Waals surface area contributed by atoms with Crippen molar-refractivity contribution in [3.8, 4) is 0 Å². The number of imidazole rings is 2. The summed E-state index contributed by atoms with van der Waals surface area (Å²) in [5.74, 6) is 0.856. The van der Waals surface area contributed by atoms with Crippen molar-refractivity contribution in [3.05, 3.63) is 65.6 Å². The Kier molecular flexibility index (Phi) is 3.89. The number of aromatic amines is 1. The number of nitrogens with one attached hydrogen (secondary N) is 1. The molecule has 7 heteroatoms. The van der Waals surface area contributed by atoms with Crippen LogP contribution in [0.1, 0.15) is 40.8 Å². The molecule has 1 aromatic carbocycles. The van der Waals surface area contributed by atoms with E-state index in [4.69, 9.17) is 0 Å². The summed E-state index contributed by atoms with van der Waals surface area (Å²) in [5.41, 5.74) is 3.66. The van der Waals surface area contributed by atoms with Gasteiger partial charge in [0.1, 0.15) is 23.0 Å². The smallest absolute Gasteiger partial charge is 0.272 e. The molecule has 0 unspecified atom stereocenters. The second-order valence-corrected chi connectivity index (χ2v) is 7.32. The zero-order valence-corrected chi connectivity index (χ0v) is 15.5. The zero-order valence-electron chi connectivity index (χ0n) is 15.5. The molecule has 0 bridgehead atoms. The van der Waals surface area contributed by atoms with Crippen molar-refractivity contribution in [2.45, 2.75) is 25.7 Å². The summed E-state index contributed by atoms with van der Waals surface area (Å²) in [6, 6.07) is 10.3. The standard InChI is InChI=1S/C21H20FN5O/c1-13-19(27-9-3-2-4-18(27)23-13)21(28)26-10-7-14(8-11-26)20-24-16-6-5-15(22)12-17(16)25-20/h2-6,9,12,14H,7-8,10-11H2,1H3,(H,24,25). The number of aromatic nitrogens is 4. The van der Waals surface area contributed by atoms with Gasteiger partial charge in [-0.3, -0.25) is 9.20 Å². The third-order valence-corrected chi connectivity index (χ3v) is 5.54. The molecule has 1 N–H and O–H groups in total. The Morgan fingerprint density at radius 1 is 1.18 bits per heavy atom. The van der Waals surface area contributed by atoms with Crippen LogP contribution < -0.4 is 0 Å². The van der Waals surface area contributed by atoms with Gasteiger partial charge in [-0.25, -0.2) is 14.4 Å². The maximum atomic E-state index is 13.4. The highest BCUT2D eigenvalue weighted by Gasteiger charge is 2.28. The van der Waals surface area contributed by atoms with E-state index in [1.54, 1.807) is 6.07 Å². The summed E-state index contributed by atoms with van der Waals surface area (Å²) >= 11 is 0. The van der Waals surface area contributed by atoms with E-state index < -0.39 is 0 Å². The number of benzene rings is 1. The Morgan fingerprint density at radius 3 is 2.82 bits per heavy atom. The van der Waals surface area contributed by atoms with Gasteiger partial charge in [0.25, 0.3) is 5.91 Å². The van der Waals surface area contributed by atoms with Gasteiger partial charge in [-0.1, -0.05) is 6.07 Å². The number of hydrogen-bond donors (Lipinski definition) is 1. The second-order valence-electron chi connectivity index (χ2n) is 7.32. The number of hydrogen-bond acceptors (Lipinski definition) is 3. The highest BCUT2D eigenvalue weighted by molar-refractivity contribution is 5.94. The average Bonchev–Trinajstić information content (AvgIpc) is 3.27. The molecule has 142 valence electrons. The van der Waals surface area contributed by atoms with E-state index in [0.29, 0.717) is 18.8 Å². The van der Waals surface area contributed by atoms with E-state index in [1.165, 1.54) is 12.1 Å². The molecule has 0 spiro atoms. The van der Waals surface area contributed by atoms with Gasteiger partial charge in [-0.2, -0.15) is 0 Å². The van der Waals surface area contributed by atoms with Crippen LogP contribution in [-0.4, -0.2) is 43.2 Å². The Bertz CT molecular complexity index is 1190. The highest BCUT2D eigenvalue weighted by Crippen LogP contribution is 2.29. The predicted octanol–water partition coefficient (Wildman–Crippen LogP) is 3.68. The molecule has 4 aromatic rings. The monoisotopic (exact) mass is 377 g/mol. The first-order valence-electron chi connectivity index (χ1n) is 9.48.